The summed E-state index contributed by atoms with van der Waals surface area (Å²) in [5, 5.41) is 0. The number of para-hydroxylation sites is 2. The molecule has 0 fully saturated rings. The van der Waals surface area contributed by atoms with Crippen molar-refractivity contribution >= 4 is 27.5 Å². The van der Waals surface area contributed by atoms with Crippen molar-refractivity contribution in [3.8, 4) is 17.2 Å². The normalized spacial score (nSPS) is 11.6. The van der Waals surface area contributed by atoms with Crippen LogP contribution in [0.4, 0.5) is 0 Å². The summed E-state index contributed by atoms with van der Waals surface area (Å²) in [4.78, 5) is 18.0. The van der Waals surface area contributed by atoms with Crippen LogP contribution in [0.2, 0.25) is 0 Å². The quantitative estimate of drug-likeness (QED) is 0.406. The molecule has 4 rings (SSSR count). The molecule has 0 saturated carbocycles. The third-order valence-corrected chi connectivity index (χ3v) is 5.58. The summed E-state index contributed by atoms with van der Waals surface area (Å²) in [7, 11) is 0. The first-order valence-corrected chi connectivity index (χ1v) is 10.7. The van der Waals surface area contributed by atoms with E-state index in [9.17, 15) is 4.79 Å². The number of amides is 1. The fourth-order valence-electron chi connectivity index (χ4n) is 3.22. The van der Waals surface area contributed by atoms with Gasteiger partial charge in [-0.2, -0.15) is 4.99 Å². The van der Waals surface area contributed by atoms with Gasteiger partial charge in [0.15, 0.2) is 4.80 Å². The fourth-order valence-corrected chi connectivity index (χ4v) is 4.33. The number of aryl methyl sites for hydroxylation is 1. The molecule has 0 aliphatic carbocycles. The Morgan fingerprint density at radius 1 is 0.967 bits per heavy atom. The Morgan fingerprint density at radius 3 is 2.50 bits per heavy atom. The first kappa shape index (κ1) is 19.9. The Morgan fingerprint density at radius 2 is 1.73 bits per heavy atom. The number of hydrogen-bond donors (Lipinski definition) is 0. The molecule has 0 unspecified atom stereocenters. The van der Waals surface area contributed by atoms with Gasteiger partial charge in [0.1, 0.15) is 22.8 Å². The van der Waals surface area contributed by atoms with E-state index in [0.717, 1.165) is 21.7 Å². The van der Waals surface area contributed by atoms with E-state index in [4.69, 9.17) is 9.47 Å². The molecular formula is C24H22N2O3S. The first-order chi connectivity index (χ1) is 14.7. The van der Waals surface area contributed by atoms with Gasteiger partial charge in [-0.15, -0.1) is 0 Å². The average molecular weight is 419 g/mol. The Kier molecular flexibility index (Phi) is 5.95. The smallest absolute Gasteiger partial charge is 0.279 e. The fraction of sp³-hybridized carbons (Fsp3) is 0.167. The molecule has 4 aromatic rings. The van der Waals surface area contributed by atoms with Gasteiger partial charge < -0.3 is 14.0 Å². The zero-order chi connectivity index (χ0) is 20.9. The minimum absolute atomic E-state index is 0.305. The van der Waals surface area contributed by atoms with Crippen LogP contribution >= 0.6 is 11.3 Å². The zero-order valence-electron chi connectivity index (χ0n) is 16.9. The second kappa shape index (κ2) is 8.97. The average Bonchev–Trinajstić information content (AvgIpc) is 3.13. The Balaban J connectivity index is 1.70. The van der Waals surface area contributed by atoms with Crippen LogP contribution in [-0.2, 0) is 6.54 Å². The number of nitrogens with zero attached hydrogens (tertiary/aromatic N) is 2. The molecule has 6 heteroatoms. The monoisotopic (exact) mass is 418 g/mol. The zero-order valence-corrected chi connectivity index (χ0v) is 17.7. The topological polar surface area (TPSA) is 52.8 Å². The van der Waals surface area contributed by atoms with Crippen LogP contribution in [0.5, 0.6) is 17.2 Å². The number of thiazole rings is 1. The molecule has 5 nitrogen and oxygen atoms in total. The molecule has 0 bridgehead atoms. The number of carbonyl (C=O) groups is 1. The van der Waals surface area contributed by atoms with E-state index >= 15 is 0 Å². The highest BCUT2D eigenvalue weighted by Crippen LogP contribution is 2.28. The van der Waals surface area contributed by atoms with Crippen molar-refractivity contribution in [1.29, 1.82) is 0 Å². The molecule has 1 aromatic heterocycles. The standard InChI is InChI=1S/C24H22N2O3S/c1-3-26-22-20(28-4-2)14-9-15-21(22)30-24(26)25-23(27)17-10-8-13-19(16-17)29-18-11-6-5-7-12-18/h5-16H,3-4H2,1-2H3. The molecule has 1 amide bonds. The van der Waals surface area contributed by atoms with E-state index in [2.05, 4.69) is 4.99 Å². The highest BCUT2D eigenvalue weighted by atomic mass is 32.1. The van der Waals surface area contributed by atoms with Gasteiger partial charge in [0, 0.05) is 12.1 Å². The van der Waals surface area contributed by atoms with Gasteiger partial charge in [-0.3, -0.25) is 4.79 Å². The lowest BCUT2D eigenvalue weighted by Crippen LogP contribution is -2.16. The van der Waals surface area contributed by atoms with Crippen LogP contribution in [0.3, 0.4) is 0 Å². The molecule has 30 heavy (non-hydrogen) atoms. The number of hydrogen-bond acceptors (Lipinski definition) is 4. The van der Waals surface area contributed by atoms with E-state index in [-0.39, 0.29) is 5.91 Å². The molecule has 152 valence electrons. The van der Waals surface area contributed by atoms with Gasteiger partial charge in [0.25, 0.3) is 5.91 Å². The second-order valence-electron chi connectivity index (χ2n) is 6.52. The van der Waals surface area contributed by atoms with Crippen molar-refractivity contribution in [3.05, 3.63) is 83.2 Å². The maximum absolute atomic E-state index is 12.9. The van der Waals surface area contributed by atoms with E-state index in [1.54, 1.807) is 18.2 Å². The van der Waals surface area contributed by atoms with Crippen LogP contribution in [-0.4, -0.2) is 17.1 Å². The summed E-state index contributed by atoms with van der Waals surface area (Å²) in [6.45, 7) is 5.26. The molecule has 0 N–H and O–H groups in total. The minimum atomic E-state index is -0.305. The van der Waals surface area contributed by atoms with E-state index in [0.29, 0.717) is 29.3 Å². The Hall–Kier alpha value is -3.38. The van der Waals surface area contributed by atoms with Crippen molar-refractivity contribution in [1.82, 2.24) is 4.57 Å². The third kappa shape index (κ3) is 4.14. The van der Waals surface area contributed by atoms with Gasteiger partial charge in [-0.25, -0.2) is 0 Å². The number of carbonyl (C=O) groups excluding carboxylic acids is 1. The van der Waals surface area contributed by atoms with Gasteiger partial charge in [0.05, 0.1) is 11.3 Å². The summed E-state index contributed by atoms with van der Waals surface area (Å²) >= 11 is 1.48. The van der Waals surface area contributed by atoms with Crippen molar-refractivity contribution < 1.29 is 14.3 Å². The van der Waals surface area contributed by atoms with Gasteiger partial charge >= 0.3 is 0 Å². The molecule has 1 heterocycles. The maximum Gasteiger partial charge on any atom is 0.279 e. The SMILES string of the molecule is CCOc1cccc2sc(=NC(=O)c3cccc(Oc4ccccc4)c3)n(CC)c12. The van der Waals surface area contributed by atoms with E-state index in [1.807, 2.05) is 73.0 Å². The summed E-state index contributed by atoms with van der Waals surface area (Å²) in [5.41, 5.74) is 1.45. The largest absolute Gasteiger partial charge is 0.492 e. The molecule has 0 radical (unpaired) electrons. The lowest BCUT2D eigenvalue weighted by molar-refractivity contribution is 0.0997. The number of aromatic nitrogens is 1. The summed E-state index contributed by atoms with van der Waals surface area (Å²) in [6.07, 6.45) is 0. The molecule has 0 spiro atoms. The first-order valence-electron chi connectivity index (χ1n) is 9.86. The Labute approximate surface area is 178 Å². The predicted molar refractivity (Wildman–Crippen MR) is 120 cm³/mol. The molecule has 3 aromatic carbocycles. The van der Waals surface area contributed by atoms with Crippen molar-refractivity contribution in [2.45, 2.75) is 20.4 Å². The molecular weight excluding hydrogens is 396 g/mol. The number of benzene rings is 3. The van der Waals surface area contributed by atoms with Crippen molar-refractivity contribution in [2.24, 2.45) is 4.99 Å². The summed E-state index contributed by atoms with van der Waals surface area (Å²) < 4.78 is 14.7. The maximum atomic E-state index is 12.9. The Bertz CT molecular complexity index is 1240. The number of rotatable bonds is 6. The minimum Gasteiger partial charge on any atom is -0.492 e. The van der Waals surface area contributed by atoms with E-state index in [1.165, 1.54) is 11.3 Å². The number of fused-ring (bicyclic) bond motifs is 1. The molecule has 0 atom stereocenters. The van der Waals surface area contributed by atoms with Crippen LogP contribution in [0, 0.1) is 0 Å². The molecule has 0 aliphatic heterocycles. The van der Waals surface area contributed by atoms with Crippen LogP contribution < -0.4 is 14.3 Å². The predicted octanol–water partition coefficient (Wildman–Crippen LogP) is 5.65. The van der Waals surface area contributed by atoms with Crippen molar-refractivity contribution in [3.63, 3.8) is 0 Å². The van der Waals surface area contributed by atoms with Crippen LogP contribution in [0.15, 0.2) is 77.8 Å². The second-order valence-corrected chi connectivity index (χ2v) is 7.53. The highest BCUT2D eigenvalue weighted by molar-refractivity contribution is 7.16. The van der Waals surface area contributed by atoms with Gasteiger partial charge in [0.2, 0.25) is 0 Å². The lowest BCUT2D eigenvalue weighted by Gasteiger charge is -2.08. The summed E-state index contributed by atoms with van der Waals surface area (Å²) in [6, 6.07) is 22.5. The molecule has 0 aliphatic rings. The lowest BCUT2D eigenvalue weighted by atomic mass is 10.2. The number of ether oxygens (including phenoxy) is 2. The van der Waals surface area contributed by atoms with Gasteiger partial charge in [-0.05, 0) is 56.3 Å². The molecule has 0 saturated heterocycles. The summed E-state index contributed by atoms with van der Waals surface area (Å²) in [5.74, 6) is 1.82. The van der Waals surface area contributed by atoms with Crippen LogP contribution in [0.25, 0.3) is 10.2 Å². The highest BCUT2D eigenvalue weighted by Gasteiger charge is 2.13. The van der Waals surface area contributed by atoms with Gasteiger partial charge in [-0.1, -0.05) is 41.7 Å². The third-order valence-electron chi connectivity index (χ3n) is 4.54. The van der Waals surface area contributed by atoms with Crippen molar-refractivity contribution in [2.75, 3.05) is 6.61 Å². The van der Waals surface area contributed by atoms with Crippen LogP contribution in [0.1, 0.15) is 24.2 Å². The van der Waals surface area contributed by atoms with E-state index < -0.39 is 0 Å².